The summed E-state index contributed by atoms with van der Waals surface area (Å²) in [7, 11) is 1.68. The van der Waals surface area contributed by atoms with Gasteiger partial charge in [-0.25, -0.2) is 0 Å². The Hall–Kier alpha value is -1.56. The summed E-state index contributed by atoms with van der Waals surface area (Å²) in [5.74, 6) is 0. The molecule has 0 heterocycles. The van der Waals surface area contributed by atoms with Crippen molar-refractivity contribution in [1.29, 1.82) is 5.26 Å². The molecule has 0 aromatic heterocycles. The van der Waals surface area contributed by atoms with Gasteiger partial charge < -0.3 is 5.73 Å². The Balaban J connectivity index is 3.12. The first kappa shape index (κ1) is 12.5. The van der Waals surface area contributed by atoms with Crippen LogP contribution in [0, 0.1) is 16.7 Å². The predicted octanol–water partition coefficient (Wildman–Crippen LogP) is 2.56. The van der Waals surface area contributed by atoms with Gasteiger partial charge in [-0.1, -0.05) is 20.4 Å². The standard InChI is InChI=1S/C13H19N3/c1-9(8-14)12(16-4)10-7-13(2,3)6-5-11(10)15/h1,5-7,15H2,2-4H3. The summed E-state index contributed by atoms with van der Waals surface area (Å²) in [6.45, 7) is 8.14. The predicted molar refractivity (Wildman–Crippen MR) is 67.0 cm³/mol. The summed E-state index contributed by atoms with van der Waals surface area (Å²) in [6, 6.07) is 2.05. The fraction of sp³-hybridized carbons (Fsp3) is 0.538. The third kappa shape index (κ3) is 2.52. The summed E-state index contributed by atoms with van der Waals surface area (Å²) in [5, 5.41) is 8.89. The van der Waals surface area contributed by atoms with Gasteiger partial charge in [0.1, 0.15) is 6.07 Å². The van der Waals surface area contributed by atoms with Crippen LogP contribution in [-0.2, 0) is 0 Å². The molecule has 0 aromatic carbocycles. The van der Waals surface area contributed by atoms with Crippen LogP contribution in [0.4, 0.5) is 0 Å². The van der Waals surface area contributed by atoms with Gasteiger partial charge in [0.05, 0.1) is 11.3 Å². The van der Waals surface area contributed by atoms with E-state index >= 15 is 0 Å². The average molecular weight is 217 g/mol. The quantitative estimate of drug-likeness (QED) is 0.570. The van der Waals surface area contributed by atoms with Gasteiger partial charge in [-0.05, 0) is 30.3 Å². The summed E-state index contributed by atoms with van der Waals surface area (Å²) >= 11 is 0. The molecule has 0 unspecified atom stereocenters. The van der Waals surface area contributed by atoms with Crippen LogP contribution in [0.25, 0.3) is 0 Å². The lowest BCUT2D eigenvalue weighted by atomic mass is 9.74. The Morgan fingerprint density at radius 1 is 1.56 bits per heavy atom. The molecule has 0 amide bonds. The molecule has 3 heteroatoms. The third-order valence-electron chi connectivity index (χ3n) is 3.04. The van der Waals surface area contributed by atoms with Crippen LogP contribution in [0.5, 0.6) is 0 Å². The molecule has 2 N–H and O–H groups in total. The topological polar surface area (TPSA) is 62.2 Å². The zero-order chi connectivity index (χ0) is 12.3. The van der Waals surface area contributed by atoms with Crippen molar-refractivity contribution in [3.8, 4) is 6.07 Å². The van der Waals surface area contributed by atoms with Crippen molar-refractivity contribution in [2.75, 3.05) is 7.05 Å². The van der Waals surface area contributed by atoms with Crippen LogP contribution in [0.1, 0.15) is 33.1 Å². The molecule has 0 saturated carbocycles. The SMILES string of the molecule is C=C(C#N)C(=NC)C1=C(N)CCC(C)(C)C1. The van der Waals surface area contributed by atoms with E-state index in [1.807, 2.05) is 6.07 Å². The Labute approximate surface area is 97.4 Å². The van der Waals surface area contributed by atoms with E-state index in [1.165, 1.54) is 0 Å². The second-order valence-corrected chi connectivity index (χ2v) is 5.01. The Bertz CT molecular complexity index is 405. The van der Waals surface area contributed by atoms with E-state index in [2.05, 4.69) is 25.4 Å². The second-order valence-electron chi connectivity index (χ2n) is 5.01. The molecule has 0 radical (unpaired) electrons. The Morgan fingerprint density at radius 3 is 2.69 bits per heavy atom. The summed E-state index contributed by atoms with van der Waals surface area (Å²) in [6.07, 6.45) is 2.82. The average Bonchev–Trinajstić information content (AvgIpc) is 2.23. The third-order valence-corrected chi connectivity index (χ3v) is 3.04. The van der Waals surface area contributed by atoms with Gasteiger partial charge in [0.25, 0.3) is 0 Å². The highest BCUT2D eigenvalue weighted by Crippen LogP contribution is 2.38. The summed E-state index contributed by atoms with van der Waals surface area (Å²) < 4.78 is 0. The van der Waals surface area contributed by atoms with E-state index in [0.717, 1.165) is 30.5 Å². The van der Waals surface area contributed by atoms with Crippen molar-refractivity contribution < 1.29 is 0 Å². The molecule has 0 aromatic rings. The van der Waals surface area contributed by atoms with Crippen LogP contribution in [0.2, 0.25) is 0 Å². The molecule has 1 rings (SSSR count). The number of allylic oxidation sites excluding steroid dienone is 3. The highest BCUT2D eigenvalue weighted by Gasteiger charge is 2.28. The normalized spacial score (nSPS) is 20.5. The first-order chi connectivity index (χ1) is 7.41. The first-order valence-electron chi connectivity index (χ1n) is 5.45. The number of hydrogen-bond donors (Lipinski definition) is 1. The van der Waals surface area contributed by atoms with Crippen molar-refractivity contribution in [3.05, 3.63) is 23.4 Å². The fourth-order valence-corrected chi connectivity index (χ4v) is 2.05. The number of nitrogens with two attached hydrogens (primary N) is 1. The zero-order valence-electron chi connectivity index (χ0n) is 10.3. The minimum Gasteiger partial charge on any atom is -0.402 e. The zero-order valence-corrected chi connectivity index (χ0v) is 10.3. The number of rotatable bonds is 2. The van der Waals surface area contributed by atoms with Gasteiger partial charge in [-0.15, -0.1) is 0 Å². The van der Waals surface area contributed by atoms with Gasteiger partial charge in [-0.2, -0.15) is 5.26 Å². The van der Waals surface area contributed by atoms with Crippen molar-refractivity contribution in [3.63, 3.8) is 0 Å². The van der Waals surface area contributed by atoms with Gasteiger partial charge in [0.15, 0.2) is 0 Å². The van der Waals surface area contributed by atoms with E-state index in [-0.39, 0.29) is 5.41 Å². The molecule has 86 valence electrons. The summed E-state index contributed by atoms with van der Waals surface area (Å²) in [5.41, 5.74) is 9.18. The molecule has 1 aliphatic carbocycles. The largest absolute Gasteiger partial charge is 0.402 e. The minimum atomic E-state index is 0.226. The van der Waals surface area contributed by atoms with Gasteiger partial charge in [-0.3, -0.25) is 4.99 Å². The van der Waals surface area contributed by atoms with Gasteiger partial charge in [0.2, 0.25) is 0 Å². The molecule has 1 aliphatic rings. The van der Waals surface area contributed by atoms with Crippen molar-refractivity contribution in [2.24, 2.45) is 16.1 Å². The number of nitrogens with zero attached hydrogens (tertiary/aromatic N) is 2. The molecular formula is C13H19N3. The van der Waals surface area contributed by atoms with E-state index in [0.29, 0.717) is 11.3 Å². The van der Waals surface area contributed by atoms with Crippen LogP contribution >= 0.6 is 0 Å². The lowest BCUT2D eigenvalue weighted by molar-refractivity contribution is 0.318. The van der Waals surface area contributed by atoms with Crippen LogP contribution in [0.15, 0.2) is 28.4 Å². The maximum Gasteiger partial charge on any atom is 0.101 e. The lowest BCUT2D eigenvalue weighted by Gasteiger charge is -2.32. The lowest BCUT2D eigenvalue weighted by Crippen LogP contribution is -2.25. The number of aliphatic imine (C=N–C) groups is 1. The van der Waals surface area contributed by atoms with E-state index < -0.39 is 0 Å². The maximum absolute atomic E-state index is 8.89. The molecule has 16 heavy (non-hydrogen) atoms. The van der Waals surface area contributed by atoms with Crippen LogP contribution in [-0.4, -0.2) is 12.8 Å². The second kappa shape index (κ2) is 4.52. The molecule has 0 bridgehead atoms. The van der Waals surface area contributed by atoms with Gasteiger partial charge in [0, 0.05) is 12.7 Å². The van der Waals surface area contributed by atoms with Crippen molar-refractivity contribution in [1.82, 2.24) is 0 Å². The highest BCUT2D eigenvalue weighted by molar-refractivity contribution is 6.14. The van der Waals surface area contributed by atoms with E-state index in [4.69, 9.17) is 11.0 Å². The van der Waals surface area contributed by atoms with Crippen LogP contribution < -0.4 is 5.73 Å². The molecule has 0 aliphatic heterocycles. The molecule has 3 nitrogen and oxygen atoms in total. The van der Waals surface area contributed by atoms with Gasteiger partial charge >= 0.3 is 0 Å². The van der Waals surface area contributed by atoms with Crippen molar-refractivity contribution >= 4 is 5.71 Å². The molecule has 0 spiro atoms. The Kier molecular flexibility index (Phi) is 3.54. The highest BCUT2D eigenvalue weighted by atomic mass is 14.7. The summed E-state index contributed by atoms with van der Waals surface area (Å²) in [4.78, 5) is 4.16. The fourth-order valence-electron chi connectivity index (χ4n) is 2.05. The maximum atomic E-state index is 8.89. The number of hydrogen-bond acceptors (Lipinski definition) is 3. The molecule has 0 fully saturated rings. The molecule has 0 saturated heterocycles. The Morgan fingerprint density at radius 2 is 2.19 bits per heavy atom. The molecule has 0 atom stereocenters. The van der Waals surface area contributed by atoms with Crippen molar-refractivity contribution in [2.45, 2.75) is 33.1 Å². The van der Waals surface area contributed by atoms with E-state index in [9.17, 15) is 0 Å². The first-order valence-corrected chi connectivity index (χ1v) is 5.45. The number of nitriles is 1. The molecular weight excluding hydrogens is 198 g/mol. The smallest absolute Gasteiger partial charge is 0.101 e. The van der Waals surface area contributed by atoms with Crippen LogP contribution in [0.3, 0.4) is 0 Å². The monoisotopic (exact) mass is 217 g/mol. The minimum absolute atomic E-state index is 0.226. The van der Waals surface area contributed by atoms with E-state index in [1.54, 1.807) is 7.05 Å².